The molecule has 1 aliphatic heterocycles. The van der Waals surface area contributed by atoms with Crippen molar-refractivity contribution >= 4 is 17.6 Å². The quantitative estimate of drug-likeness (QED) is 0.900. The number of carbonyl (C=O) groups is 1. The highest BCUT2D eigenvalue weighted by Crippen LogP contribution is 2.23. The second-order valence-corrected chi connectivity index (χ2v) is 4.87. The first kappa shape index (κ1) is 12.3. The van der Waals surface area contributed by atoms with E-state index >= 15 is 0 Å². The fourth-order valence-corrected chi connectivity index (χ4v) is 2.39. The van der Waals surface area contributed by atoms with Gasteiger partial charge in [-0.3, -0.25) is 9.69 Å². The highest BCUT2D eigenvalue weighted by molar-refractivity contribution is 6.30. The Balaban J connectivity index is 1.85. The van der Waals surface area contributed by atoms with E-state index in [1.54, 1.807) is 6.07 Å². The molecule has 0 amide bonds. The van der Waals surface area contributed by atoms with Crippen molar-refractivity contribution in [2.24, 2.45) is 5.92 Å². The maximum Gasteiger partial charge on any atom is 0.303 e. The largest absolute Gasteiger partial charge is 0.481 e. The van der Waals surface area contributed by atoms with Crippen LogP contribution in [-0.4, -0.2) is 29.1 Å². The van der Waals surface area contributed by atoms with Crippen LogP contribution in [0.5, 0.6) is 0 Å². The van der Waals surface area contributed by atoms with E-state index in [0.29, 0.717) is 11.6 Å². The van der Waals surface area contributed by atoms with E-state index in [1.807, 2.05) is 0 Å². The summed E-state index contributed by atoms with van der Waals surface area (Å²) in [6.45, 7) is 2.12. The monoisotopic (exact) mass is 257 g/mol. The van der Waals surface area contributed by atoms with Crippen LogP contribution in [-0.2, 0) is 11.3 Å². The summed E-state index contributed by atoms with van der Waals surface area (Å²) in [5.41, 5.74) is 0.823. The summed E-state index contributed by atoms with van der Waals surface area (Å²) in [6.07, 6.45) is 0.209. The Kier molecular flexibility index (Phi) is 3.64. The molecule has 0 saturated carbocycles. The van der Waals surface area contributed by atoms with Crippen molar-refractivity contribution in [1.82, 2.24) is 4.90 Å². The van der Waals surface area contributed by atoms with Crippen LogP contribution in [0.3, 0.4) is 0 Å². The van der Waals surface area contributed by atoms with E-state index in [9.17, 15) is 9.18 Å². The summed E-state index contributed by atoms with van der Waals surface area (Å²) >= 11 is 5.76. The zero-order chi connectivity index (χ0) is 12.4. The van der Waals surface area contributed by atoms with Crippen molar-refractivity contribution in [2.45, 2.75) is 13.0 Å². The molecule has 0 radical (unpaired) electrons. The molecule has 0 atom stereocenters. The topological polar surface area (TPSA) is 40.5 Å². The van der Waals surface area contributed by atoms with Crippen molar-refractivity contribution < 1.29 is 14.3 Å². The molecular weight excluding hydrogens is 245 g/mol. The van der Waals surface area contributed by atoms with Gasteiger partial charge >= 0.3 is 5.97 Å². The van der Waals surface area contributed by atoms with Crippen molar-refractivity contribution in [3.8, 4) is 0 Å². The van der Waals surface area contributed by atoms with Gasteiger partial charge in [-0.2, -0.15) is 0 Å². The van der Waals surface area contributed by atoms with Gasteiger partial charge in [0.1, 0.15) is 5.82 Å². The first-order valence-electron chi connectivity index (χ1n) is 5.42. The second-order valence-electron chi connectivity index (χ2n) is 4.44. The van der Waals surface area contributed by atoms with E-state index in [0.717, 1.165) is 18.7 Å². The number of benzene rings is 1. The zero-order valence-corrected chi connectivity index (χ0v) is 9.95. The van der Waals surface area contributed by atoms with E-state index < -0.39 is 5.97 Å². The molecule has 1 aromatic rings. The lowest BCUT2D eigenvalue weighted by atomic mass is 9.96. The summed E-state index contributed by atoms with van der Waals surface area (Å²) in [4.78, 5) is 12.6. The van der Waals surface area contributed by atoms with Gasteiger partial charge in [-0.05, 0) is 29.7 Å². The molecule has 0 aliphatic carbocycles. The van der Waals surface area contributed by atoms with Gasteiger partial charge in [0.05, 0.1) is 6.42 Å². The standard InChI is InChI=1S/C12H13ClFNO2/c13-10-1-8(2-11(14)4-10)5-15-6-9(7-15)3-12(16)17/h1-2,4,9H,3,5-7H2,(H,16,17). The number of hydrogen-bond donors (Lipinski definition) is 1. The van der Waals surface area contributed by atoms with Crippen LogP contribution >= 0.6 is 11.6 Å². The number of carboxylic acid groups (broad SMARTS) is 1. The molecule has 17 heavy (non-hydrogen) atoms. The molecule has 0 unspecified atom stereocenters. The van der Waals surface area contributed by atoms with Gasteiger partial charge in [0.25, 0.3) is 0 Å². The van der Waals surface area contributed by atoms with E-state index in [1.165, 1.54) is 12.1 Å². The van der Waals surface area contributed by atoms with Crippen LogP contribution in [0.4, 0.5) is 4.39 Å². The summed E-state index contributed by atoms with van der Waals surface area (Å²) in [7, 11) is 0. The van der Waals surface area contributed by atoms with Crippen LogP contribution in [0.15, 0.2) is 18.2 Å². The minimum atomic E-state index is -0.761. The summed E-state index contributed by atoms with van der Waals surface area (Å²) in [6, 6.07) is 4.46. The lowest BCUT2D eigenvalue weighted by Gasteiger charge is -2.38. The van der Waals surface area contributed by atoms with Crippen molar-refractivity contribution in [3.05, 3.63) is 34.6 Å². The summed E-state index contributed by atoms with van der Waals surface area (Å²) < 4.78 is 13.1. The number of aliphatic carboxylic acids is 1. The number of halogens is 2. The van der Waals surface area contributed by atoms with Crippen LogP contribution in [0, 0.1) is 11.7 Å². The number of carboxylic acids is 1. The third kappa shape index (κ3) is 3.41. The predicted molar refractivity (Wildman–Crippen MR) is 62.4 cm³/mol. The molecule has 1 fully saturated rings. The molecule has 1 aliphatic rings. The Hall–Kier alpha value is -1.13. The van der Waals surface area contributed by atoms with Gasteiger partial charge in [-0.25, -0.2) is 4.39 Å². The normalized spacial score (nSPS) is 16.8. The maximum atomic E-state index is 13.1. The summed E-state index contributed by atoms with van der Waals surface area (Å²) in [5.74, 6) is -0.880. The molecule has 0 spiro atoms. The Morgan fingerprint density at radius 1 is 1.47 bits per heavy atom. The molecule has 1 heterocycles. The fraction of sp³-hybridized carbons (Fsp3) is 0.417. The molecule has 1 saturated heterocycles. The van der Waals surface area contributed by atoms with Gasteiger partial charge in [-0.1, -0.05) is 11.6 Å². The number of nitrogens with zero attached hydrogens (tertiary/aromatic N) is 1. The average molecular weight is 258 g/mol. The van der Waals surface area contributed by atoms with E-state index in [4.69, 9.17) is 16.7 Å². The molecule has 0 aromatic heterocycles. The highest BCUT2D eigenvalue weighted by atomic mass is 35.5. The Morgan fingerprint density at radius 2 is 2.18 bits per heavy atom. The molecule has 1 N–H and O–H groups in total. The zero-order valence-electron chi connectivity index (χ0n) is 9.20. The Labute approximate surface area is 104 Å². The molecule has 92 valence electrons. The van der Waals surface area contributed by atoms with Crippen molar-refractivity contribution in [3.63, 3.8) is 0 Å². The second kappa shape index (κ2) is 5.02. The van der Waals surface area contributed by atoms with Gasteiger partial charge < -0.3 is 5.11 Å². The van der Waals surface area contributed by atoms with Crippen molar-refractivity contribution in [1.29, 1.82) is 0 Å². The van der Waals surface area contributed by atoms with Crippen LogP contribution in [0.25, 0.3) is 0 Å². The van der Waals surface area contributed by atoms with Gasteiger partial charge in [0, 0.05) is 24.7 Å². The van der Waals surface area contributed by atoms with Crippen LogP contribution in [0.2, 0.25) is 5.02 Å². The number of rotatable bonds is 4. The van der Waals surface area contributed by atoms with Gasteiger partial charge in [0.15, 0.2) is 0 Å². The Bertz CT molecular complexity index is 412. The highest BCUT2D eigenvalue weighted by Gasteiger charge is 2.28. The number of hydrogen-bond acceptors (Lipinski definition) is 2. The predicted octanol–water partition coefficient (Wildman–Crippen LogP) is 2.39. The smallest absolute Gasteiger partial charge is 0.303 e. The molecule has 3 nitrogen and oxygen atoms in total. The lowest BCUT2D eigenvalue weighted by molar-refractivity contribution is -0.139. The van der Waals surface area contributed by atoms with Gasteiger partial charge in [0.2, 0.25) is 0 Å². The van der Waals surface area contributed by atoms with Crippen LogP contribution < -0.4 is 0 Å². The first-order valence-corrected chi connectivity index (χ1v) is 5.80. The summed E-state index contributed by atoms with van der Waals surface area (Å²) in [5, 5.41) is 9.00. The molecule has 1 aromatic carbocycles. The van der Waals surface area contributed by atoms with Crippen molar-refractivity contribution in [2.75, 3.05) is 13.1 Å². The minimum absolute atomic E-state index is 0.209. The molecule has 2 rings (SSSR count). The first-order chi connectivity index (χ1) is 8.02. The Morgan fingerprint density at radius 3 is 2.76 bits per heavy atom. The third-order valence-electron chi connectivity index (χ3n) is 2.82. The SMILES string of the molecule is O=C(O)CC1CN(Cc2cc(F)cc(Cl)c2)C1. The average Bonchev–Trinajstić information content (AvgIpc) is 2.11. The number of likely N-dealkylation sites (tertiary alicyclic amines) is 1. The van der Waals surface area contributed by atoms with E-state index in [2.05, 4.69) is 4.90 Å². The maximum absolute atomic E-state index is 13.1. The van der Waals surface area contributed by atoms with Crippen LogP contribution in [0.1, 0.15) is 12.0 Å². The van der Waals surface area contributed by atoms with Gasteiger partial charge in [-0.15, -0.1) is 0 Å². The minimum Gasteiger partial charge on any atom is -0.481 e. The lowest BCUT2D eigenvalue weighted by Crippen LogP contribution is -2.46. The van der Waals surface area contributed by atoms with E-state index in [-0.39, 0.29) is 18.2 Å². The molecular formula is C12H13ClFNO2. The fourth-order valence-electron chi connectivity index (χ4n) is 2.14. The molecule has 5 heteroatoms. The molecule has 0 bridgehead atoms. The third-order valence-corrected chi connectivity index (χ3v) is 3.04.